The van der Waals surface area contributed by atoms with Crippen molar-refractivity contribution in [3.05, 3.63) is 0 Å². The molecule has 20 heavy (non-hydrogen) atoms. The fourth-order valence-electron chi connectivity index (χ4n) is 1.17. The van der Waals surface area contributed by atoms with E-state index >= 15 is 0 Å². The van der Waals surface area contributed by atoms with E-state index in [-0.39, 0.29) is 0 Å². The smallest absolute Gasteiger partial charge is 0.326 e. The Labute approximate surface area is 114 Å². The van der Waals surface area contributed by atoms with Crippen LogP contribution in [0.25, 0.3) is 0 Å². The molecule has 0 spiro atoms. The van der Waals surface area contributed by atoms with Crippen molar-refractivity contribution in [1.29, 1.82) is 0 Å². The number of hydrogen-bond acceptors (Lipinski definition) is 6. The van der Waals surface area contributed by atoms with Gasteiger partial charge in [0.05, 0.1) is 19.1 Å². The van der Waals surface area contributed by atoms with E-state index in [9.17, 15) is 19.2 Å². The van der Waals surface area contributed by atoms with Crippen LogP contribution in [0.4, 0.5) is 0 Å². The van der Waals surface area contributed by atoms with Gasteiger partial charge in [-0.15, -0.1) is 0 Å². The average Bonchev–Trinajstić information content (AvgIpc) is 2.33. The van der Waals surface area contributed by atoms with E-state index in [0.717, 1.165) is 0 Å². The van der Waals surface area contributed by atoms with Crippen LogP contribution < -0.4 is 22.1 Å². The molecular weight excluding hydrogens is 272 g/mol. The predicted octanol–water partition coefficient (Wildman–Crippen LogP) is -3.74. The summed E-state index contributed by atoms with van der Waals surface area (Å²) in [6.45, 7) is 0.613. The van der Waals surface area contributed by atoms with Gasteiger partial charge < -0.3 is 32.3 Å². The predicted molar refractivity (Wildman–Crippen MR) is 66.0 cm³/mol. The molecule has 0 aromatic carbocycles. The average molecular weight is 290 g/mol. The number of carboxylic acid groups (broad SMARTS) is 1. The largest absolute Gasteiger partial charge is 0.480 e. The van der Waals surface area contributed by atoms with Gasteiger partial charge in [0.2, 0.25) is 17.7 Å². The molecule has 0 aliphatic carbocycles. The first-order valence-electron chi connectivity index (χ1n) is 5.67. The fourth-order valence-corrected chi connectivity index (χ4v) is 1.17. The van der Waals surface area contributed by atoms with Crippen molar-refractivity contribution < 1.29 is 29.4 Å². The second kappa shape index (κ2) is 8.07. The first-order valence-corrected chi connectivity index (χ1v) is 5.67. The maximum atomic E-state index is 11.7. The van der Waals surface area contributed by atoms with Gasteiger partial charge in [0.15, 0.2) is 0 Å². The number of primary amides is 1. The summed E-state index contributed by atoms with van der Waals surface area (Å²) in [6, 6.07) is -3.82. The standard InChI is InChI=1S/C10H18N4O6/c1-4(11)8(17)14-6(3-15)9(18)13-5(10(19)20)2-7(12)16/h4-6,15H,2-3,11H2,1H3,(H2,12,16)(H,13,18)(H,14,17)(H,19,20)/t4-,5-,6-/m0/s1. The summed E-state index contributed by atoms with van der Waals surface area (Å²) in [7, 11) is 0. The molecule has 0 rings (SSSR count). The maximum absolute atomic E-state index is 11.7. The molecule has 0 bridgehead atoms. The molecule has 0 heterocycles. The topological polar surface area (TPSA) is 185 Å². The lowest BCUT2D eigenvalue weighted by Crippen LogP contribution is -2.55. The highest BCUT2D eigenvalue weighted by atomic mass is 16.4. The highest BCUT2D eigenvalue weighted by Crippen LogP contribution is 1.94. The molecule has 0 fully saturated rings. The molecule has 0 aliphatic heterocycles. The van der Waals surface area contributed by atoms with Gasteiger partial charge in [0.1, 0.15) is 12.1 Å². The Morgan fingerprint density at radius 1 is 1.10 bits per heavy atom. The summed E-state index contributed by atoms with van der Waals surface area (Å²) >= 11 is 0. The van der Waals surface area contributed by atoms with Gasteiger partial charge >= 0.3 is 5.97 Å². The number of nitrogens with one attached hydrogen (secondary N) is 2. The molecule has 0 saturated carbocycles. The van der Waals surface area contributed by atoms with Crippen molar-refractivity contribution in [1.82, 2.24) is 10.6 Å². The molecule has 0 aromatic rings. The summed E-state index contributed by atoms with van der Waals surface area (Å²) in [6.07, 6.45) is -0.611. The molecule has 8 N–H and O–H groups in total. The summed E-state index contributed by atoms with van der Waals surface area (Å²) in [5.74, 6) is -4.04. The number of carbonyl (C=O) groups excluding carboxylic acids is 3. The minimum absolute atomic E-state index is 0.611. The Morgan fingerprint density at radius 2 is 1.60 bits per heavy atom. The van der Waals surface area contributed by atoms with E-state index in [1.807, 2.05) is 5.32 Å². The Morgan fingerprint density at radius 3 is 1.95 bits per heavy atom. The lowest BCUT2D eigenvalue weighted by molar-refractivity contribution is -0.144. The molecular formula is C10H18N4O6. The quantitative estimate of drug-likeness (QED) is 0.265. The van der Waals surface area contributed by atoms with Crippen LogP contribution in [0.3, 0.4) is 0 Å². The van der Waals surface area contributed by atoms with E-state index in [0.29, 0.717) is 0 Å². The normalized spacial score (nSPS) is 14.8. The highest BCUT2D eigenvalue weighted by Gasteiger charge is 2.27. The molecule has 0 aliphatic rings. The van der Waals surface area contributed by atoms with Crippen LogP contribution in [-0.4, -0.2) is 58.6 Å². The van der Waals surface area contributed by atoms with Crippen molar-refractivity contribution in [2.24, 2.45) is 11.5 Å². The monoisotopic (exact) mass is 290 g/mol. The number of rotatable bonds is 8. The third-order valence-electron chi connectivity index (χ3n) is 2.25. The first kappa shape index (κ1) is 17.8. The van der Waals surface area contributed by atoms with Crippen LogP contribution in [0.2, 0.25) is 0 Å². The van der Waals surface area contributed by atoms with Gasteiger partial charge in [-0.1, -0.05) is 0 Å². The Bertz CT molecular complexity index is 397. The third kappa shape index (κ3) is 6.11. The molecule has 10 nitrogen and oxygen atoms in total. The Hall–Kier alpha value is -2.20. The van der Waals surface area contributed by atoms with Gasteiger partial charge in [-0.2, -0.15) is 0 Å². The van der Waals surface area contributed by atoms with E-state index < -0.39 is 54.8 Å². The summed E-state index contributed by atoms with van der Waals surface area (Å²) in [5, 5.41) is 21.9. The summed E-state index contributed by atoms with van der Waals surface area (Å²) in [5.41, 5.74) is 10.1. The van der Waals surface area contributed by atoms with Crippen LogP contribution in [0, 0.1) is 0 Å². The molecule has 114 valence electrons. The van der Waals surface area contributed by atoms with Crippen molar-refractivity contribution in [3.63, 3.8) is 0 Å². The first-order chi connectivity index (χ1) is 9.18. The lowest BCUT2D eigenvalue weighted by Gasteiger charge is -2.20. The zero-order chi connectivity index (χ0) is 15.9. The van der Waals surface area contributed by atoms with Crippen molar-refractivity contribution in [2.45, 2.75) is 31.5 Å². The number of aliphatic hydroxyl groups is 1. The Balaban J connectivity index is 4.70. The highest BCUT2D eigenvalue weighted by molar-refractivity contribution is 5.93. The zero-order valence-electron chi connectivity index (χ0n) is 10.8. The van der Waals surface area contributed by atoms with E-state index in [2.05, 4.69) is 5.32 Å². The maximum Gasteiger partial charge on any atom is 0.326 e. The number of aliphatic carboxylic acids is 1. The molecule has 10 heteroatoms. The third-order valence-corrected chi connectivity index (χ3v) is 2.25. The van der Waals surface area contributed by atoms with Crippen molar-refractivity contribution in [2.75, 3.05) is 6.61 Å². The summed E-state index contributed by atoms with van der Waals surface area (Å²) < 4.78 is 0. The van der Waals surface area contributed by atoms with Crippen LogP contribution in [0.15, 0.2) is 0 Å². The van der Waals surface area contributed by atoms with Crippen molar-refractivity contribution >= 4 is 23.7 Å². The number of carboxylic acids is 1. The van der Waals surface area contributed by atoms with Crippen molar-refractivity contribution in [3.8, 4) is 0 Å². The number of hydrogen-bond donors (Lipinski definition) is 6. The summed E-state index contributed by atoms with van der Waals surface area (Å²) in [4.78, 5) is 44.5. The number of carbonyl (C=O) groups is 4. The Kier molecular flexibility index (Phi) is 7.18. The van der Waals surface area contributed by atoms with Gasteiger partial charge in [0.25, 0.3) is 0 Å². The van der Waals surface area contributed by atoms with Gasteiger partial charge in [0, 0.05) is 0 Å². The number of amides is 3. The minimum Gasteiger partial charge on any atom is -0.480 e. The van der Waals surface area contributed by atoms with Gasteiger partial charge in [-0.3, -0.25) is 14.4 Å². The van der Waals surface area contributed by atoms with Crippen LogP contribution in [-0.2, 0) is 19.2 Å². The second-order valence-corrected chi connectivity index (χ2v) is 4.10. The molecule has 0 saturated heterocycles. The molecule has 3 amide bonds. The van der Waals surface area contributed by atoms with E-state index in [4.69, 9.17) is 21.7 Å². The van der Waals surface area contributed by atoms with Gasteiger partial charge in [-0.25, -0.2) is 4.79 Å². The zero-order valence-corrected chi connectivity index (χ0v) is 10.8. The molecule has 0 radical (unpaired) electrons. The minimum atomic E-state index is -1.54. The second-order valence-electron chi connectivity index (χ2n) is 4.10. The molecule has 0 unspecified atom stereocenters. The van der Waals surface area contributed by atoms with Crippen LogP contribution in [0.1, 0.15) is 13.3 Å². The van der Waals surface area contributed by atoms with Gasteiger partial charge in [-0.05, 0) is 6.92 Å². The van der Waals surface area contributed by atoms with Crippen LogP contribution in [0.5, 0.6) is 0 Å². The molecule has 0 aromatic heterocycles. The van der Waals surface area contributed by atoms with Crippen LogP contribution >= 0.6 is 0 Å². The lowest BCUT2D eigenvalue weighted by atomic mass is 10.1. The SMILES string of the molecule is C[C@H](N)C(=O)N[C@@H](CO)C(=O)N[C@@H](CC(N)=O)C(=O)O. The number of aliphatic hydroxyl groups excluding tert-OH is 1. The molecule has 3 atom stereocenters. The fraction of sp³-hybridized carbons (Fsp3) is 0.600. The van der Waals surface area contributed by atoms with E-state index in [1.165, 1.54) is 6.92 Å². The van der Waals surface area contributed by atoms with E-state index in [1.54, 1.807) is 0 Å². The number of nitrogens with two attached hydrogens (primary N) is 2.